The smallest absolute Gasteiger partial charge is 0.245 e. The third-order valence-corrected chi connectivity index (χ3v) is 4.59. The van der Waals surface area contributed by atoms with E-state index in [9.17, 15) is 8.42 Å². The first-order valence-corrected chi connectivity index (χ1v) is 6.82. The van der Waals surface area contributed by atoms with Crippen LogP contribution in [0, 0.1) is 6.92 Å². The number of ether oxygens (including phenoxy) is 1. The summed E-state index contributed by atoms with van der Waals surface area (Å²) in [6.45, 7) is 6.27. The van der Waals surface area contributed by atoms with Gasteiger partial charge in [-0.2, -0.15) is 4.31 Å². The number of sulfonamides is 1. The van der Waals surface area contributed by atoms with E-state index >= 15 is 0 Å². The summed E-state index contributed by atoms with van der Waals surface area (Å²) in [6, 6.07) is 6.80. The lowest BCUT2D eigenvalue weighted by atomic mass is 10.2. The Morgan fingerprint density at radius 3 is 2.65 bits per heavy atom. The molecule has 0 radical (unpaired) electrons. The molecule has 4 nitrogen and oxygen atoms in total. The van der Waals surface area contributed by atoms with Crippen molar-refractivity contribution in [2.45, 2.75) is 18.0 Å². The molecular formula is C12H15NO3S. The topological polar surface area (TPSA) is 46.6 Å². The molecular weight excluding hydrogens is 238 g/mol. The molecule has 0 aromatic heterocycles. The fourth-order valence-electron chi connectivity index (χ4n) is 1.76. The normalized spacial score (nSPS) is 21.6. The van der Waals surface area contributed by atoms with Crippen LogP contribution in [-0.2, 0) is 14.8 Å². The summed E-state index contributed by atoms with van der Waals surface area (Å²) in [4.78, 5) is 0.292. The van der Waals surface area contributed by atoms with E-state index in [0.29, 0.717) is 18.0 Å². The van der Waals surface area contributed by atoms with Gasteiger partial charge in [0.05, 0.1) is 11.5 Å². The summed E-state index contributed by atoms with van der Waals surface area (Å²) < 4.78 is 31.2. The van der Waals surface area contributed by atoms with E-state index in [-0.39, 0.29) is 0 Å². The molecule has 1 aromatic rings. The summed E-state index contributed by atoms with van der Waals surface area (Å²) in [5.74, 6) is 0. The first-order valence-electron chi connectivity index (χ1n) is 5.38. The molecule has 0 amide bonds. The number of rotatable bonds is 3. The van der Waals surface area contributed by atoms with Gasteiger partial charge in [-0.1, -0.05) is 24.3 Å². The Balaban J connectivity index is 2.36. The molecule has 1 aromatic carbocycles. The molecule has 0 aliphatic carbocycles. The zero-order valence-corrected chi connectivity index (χ0v) is 10.5. The van der Waals surface area contributed by atoms with Gasteiger partial charge in [0.25, 0.3) is 0 Å². The van der Waals surface area contributed by atoms with Gasteiger partial charge < -0.3 is 4.74 Å². The van der Waals surface area contributed by atoms with Crippen molar-refractivity contribution in [3.05, 3.63) is 42.5 Å². The minimum atomic E-state index is -3.48. The maximum absolute atomic E-state index is 12.3. The van der Waals surface area contributed by atoms with Gasteiger partial charge in [0.1, 0.15) is 6.23 Å². The van der Waals surface area contributed by atoms with Crippen LogP contribution < -0.4 is 0 Å². The zero-order chi connectivity index (χ0) is 12.5. The van der Waals surface area contributed by atoms with Crippen molar-refractivity contribution in [2.24, 2.45) is 0 Å². The summed E-state index contributed by atoms with van der Waals surface area (Å²) in [5, 5.41) is 0. The maximum atomic E-state index is 12.3. The van der Waals surface area contributed by atoms with E-state index in [1.54, 1.807) is 24.3 Å². The first kappa shape index (κ1) is 12.3. The third kappa shape index (κ3) is 2.26. The highest BCUT2D eigenvalue weighted by Gasteiger charge is 2.34. The van der Waals surface area contributed by atoms with Gasteiger partial charge in [0.15, 0.2) is 0 Å². The van der Waals surface area contributed by atoms with Crippen molar-refractivity contribution < 1.29 is 13.2 Å². The predicted octanol–water partition coefficient (Wildman–Crippen LogP) is 1.53. The van der Waals surface area contributed by atoms with Crippen LogP contribution in [0.5, 0.6) is 0 Å². The van der Waals surface area contributed by atoms with Crippen LogP contribution in [0.3, 0.4) is 0 Å². The lowest BCUT2D eigenvalue weighted by molar-refractivity contribution is 0.108. The Hall–Kier alpha value is -1.17. The summed E-state index contributed by atoms with van der Waals surface area (Å²) in [5.41, 5.74) is 1.03. The highest BCUT2D eigenvalue weighted by molar-refractivity contribution is 7.89. The molecule has 17 heavy (non-hydrogen) atoms. The minimum Gasteiger partial charge on any atom is -0.357 e. The monoisotopic (exact) mass is 253 g/mol. The Morgan fingerprint density at radius 2 is 2.06 bits per heavy atom. The summed E-state index contributed by atoms with van der Waals surface area (Å²) >= 11 is 0. The Labute approximate surface area is 102 Å². The van der Waals surface area contributed by atoms with Crippen molar-refractivity contribution in [3.8, 4) is 0 Å². The fraction of sp³-hybridized carbons (Fsp3) is 0.333. The van der Waals surface area contributed by atoms with Crippen molar-refractivity contribution in [1.82, 2.24) is 4.31 Å². The SMILES string of the molecule is C=CC1OCCN1S(=O)(=O)c1ccc(C)cc1. The molecule has 1 unspecified atom stereocenters. The Morgan fingerprint density at radius 1 is 1.41 bits per heavy atom. The molecule has 0 bridgehead atoms. The quantitative estimate of drug-likeness (QED) is 0.767. The van der Waals surface area contributed by atoms with E-state index in [1.807, 2.05) is 6.92 Å². The molecule has 5 heteroatoms. The number of aryl methyl sites for hydroxylation is 1. The van der Waals surface area contributed by atoms with Crippen molar-refractivity contribution >= 4 is 10.0 Å². The summed E-state index contributed by atoms with van der Waals surface area (Å²) in [6.07, 6.45) is 0.944. The molecule has 1 aliphatic rings. The van der Waals surface area contributed by atoms with Gasteiger partial charge >= 0.3 is 0 Å². The maximum Gasteiger partial charge on any atom is 0.245 e. The molecule has 0 N–H and O–H groups in total. The molecule has 1 saturated heterocycles. The first-order chi connectivity index (χ1) is 8.05. The van der Waals surface area contributed by atoms with E-state index in [2.05, 4.69) is 6.58 Å². The number of hydrogen-bond acceptors (Lipinski definition) is 3. The van der Waals surface area contributed by atoms with Gasteiger partial charge in [0, 0.05) is 6.54 Å². The molecule has 1 heterocycles. The fourth-order valence-corrected chi connectivity index (χ4v) is 3.25. The molecule has 0 saturated carbocycles. The lowest BCUT2D eigenvalue weighted by Crippen LogP contribution is -2.34. The van der Waals surface area contributed by atoms with Crippen molar-refractivity contribution in [2.75, 3.05) is 13.2 Å². The molecule has 1 fully saturated rings. The van der Waals surface area contributed by atoms with Crippen LogP contribution in [-0.4, -0.2) is 32.1 Å². The zero-order valence-electron chi connectivity index (χ0n) is 9.67. The van der Waals surface area contributed by atoms with Gasteiger partial charge in [-0.25, -0.2) is 8.42 Å². The molecule has 2 rings (SSSR count). The molecule has 1 aliphatic heterocycles. The molecule has 0 spiro atoms. The van der Waals surface area contributed by atoms with Crippen LogP contribution in [0.2, 0.25) is 0 Å². The molecule has 1 atom stereocenters. The minimum absolute atomic E-state index is 0.292. The standard InChI is InChI=1S/C12H15NO3S/c1-3-12-13(8-9-16-12)17(14,15)11-6-4-10(2)5-7-11/h3-7,12H,1,8-9H2,2H3. The van der Waals surface area contributed by atoms with Gasteiger partial charge in [-0.05, 0) is 25.1 Å². The highest BCUT2D eigenvalue weighted by Crippen LogP contribution is 2.22. The second kappa shape index (κ2) is 4.60. The van der Waals surface area contributed by atoms with E-state index in [1.165, 1.54) is 10.4 Å². The van der Waals surface area contributed by atoms with E-state index in [0.717, 1.165) is 5.56 Å². The van der Waals surface area contributed by atoms with Gasteiger partial charge in [-0.15, -0.1) is 0 Å². The Kier molecular flexibility index (Phi) is 3.33. The van der Waals surface area contributed by atoms with Crippen LogP contribution >= 0.6 is 0 Å². The van der Waals surface area contributed by atoms with Crippen LogP contribution in [0.1, 0.15) is 5.56 Å². The largest absolute Gasteiger partial charge is 0.357 e. The third-order valence-electron chi connectivity index (χ3n) is 2.71. The second-order valence-corrected chi connectivity index (χ2v) is 5.82. The predicted molar refractivity (Wildman–Crippen MR) is 65.0 cm³/mol. The van der Waals surface area contributed by atoms with E-state index in [4.69, 9.17) is 4.74 Å². The second-order valence-electron chi connectivity index (χ2n) is 3.93. The summed E-state index contributed by atoms with van der Waals surface area (Å²) in [7, 11) is -3.48. The van der Waals surface area contributed by atoms with Crippen molar-refractivity contribution in [1.29, 1.82) is 0 Å². The van der Waals surface area contributed by atoms with Gasteiger partial charge in [0.2, 0.25) is 10.0 Å². The number of benzene rings is 1. The highest BCUT2D eigenvalue weighted by atomic mass is 32.2. The lowest BCUT2D eigenvalue weighted by Gasteiger charge is -2.19. The van der Waals surface area contributed by atoms with Crippen LogP contribution in [0.4, 0.5) is 0 Å². The van der Waals surface area contributed by atoms with Crippen molar-refractivity contribution in [3.63, 3.8) is 0 Å². The Bertz CT molecular complexity index is 507. The van der Waals surface area contributed by atoms with Gasteiger partial charge in [-0.3, -0.25) is 0 Å². The van der Waals surface area contributed by atoms with Crippen LogP contribution in [0.15, 0.2) is 41.8 Å². The number of hydrogen-bond donors (Lipinski definition) is 0. The van der Waals surface area contributed by atoms with E-state index < -0.39 is 16.3 Å². The van der Waals surface area contributed by atoms with Crippen LogP contribution in [0.25, 0.3) is 0 Å². The average Bonchev–Trinajstić information content (AvgIpc) is 2.78. The number of nitrogens with zero attached hydrogens (tertiary/aromatic N) is 1. The average molecular weight is 253 g/mol. The molecule has 92 valence electrons.